The van der Waals surface area contributed by atoms with Crippen LogP contribution in [0.3, 0.4) is 0 Å². The largest absolute Gasteiger partial charge is 0.361 e. The first kappa shape index (κ1) is 24.6. The van der Waals surface area contributed by atoms with Crippen molar-refractivity contribution >= 4 is 39.5 Å². The number of benzene rings is 1. The second-order valence-electron chi connectivity index (χ2n) is 10.2. The van der Waals surface area contributed by atoms with Crippen molar-refractivity contribution in [3.8, 4) is 0 Å². The van der Waals surface area contributed by atoms with Crippen LogP contribution in [-0.2, 0) is 30.9 Å². The average Bonchev–Trinajstić information content (AvgIpc) is 3.52. The smallest absolute Gasteiger partial charge is 0.252 e. The Morgan fingerprint density at radius 2 is 1.84 bits per heavy atom. The Hall–Kier alpha value is -3.76. The van der Waals surface area contributed by atoms with Crippen molar-refractivity contribution in [2.24, 2.45) is 0 Å². The van der Waals surface area contributed by atoms with Crippen molar-refractivity contribution in [1.29, 1.82) is 10.8 Å². The molecule has 15 nitrogen and oxygen atoms in total. The highest BCUT2D eigenvalue weighted by Gasteiger charge is 2.74. The number of carbonyl (C=O) groups is 3. The fraction of sp³-hybridized carbons (Fsp3) is 0.500. The van der Waals surface area contributed by atoms with E-state index >= 15 is 0 Å². The first-order valence-corrected chi connectivity index (χ1v) is 13.8. The van der Waals surface area contributed by atoms with Gasteiger partial charge < -0.3 is 36.4 Å². The van der Waals surface area contributed by atoms with Crippen LogP contribution in [-0.4, -0.2) is 101 Å². The SMILES string of the molecule is N=C1NC2C(CN3C(=O)CCC3=O)NC(=N)N3C[C@H](NC(=O)c4cccc5c4CS(=O)(=O)C5)C(O)(O)[C@]23N1. The number of hydrogen-bond acceptors (Lipinski definition) is 9. The molecule has 1 aromatic rings. The van der Waals surface area contributed by atoms with Gasteiger partial charge in [-0.2, -0.15) is 0 Å². The third-order valence-corrected chi connectivity index (χ3v) is 9.47. The molecule has 1 aromatic carbocycles. The number of aliphatic hydroxyl groups is 2. The van der Waals surface area contributed by atoms with Crippen molar-refractivity contribution in [3.05, 3.63) is 34.9 Å². The minimum absolute atomic E-state index is 0.0644. The minimum Gasteiger partial charge on any atom is -0.361 e. The summed E-state index contributed by atoms with van der Waals surface area (Å²) in [6.07, 6.45) is 0.129. The zero-order valence-electron chi connectivity index (χ0n) is 19.9. The van der Waals surface area contributed by atoms with Gasteiger partial charge in [0.1, 0.15) is 6.04 Å². The van der Waals surface area contributed by atoms with Gasteiger partial charge >= 0.3 is 0 Å². The lowest BCUT2D eigenvalue weighted by Crippen LogP contribution is -2.81. The topological polar surface area (TPSA) is 228 Å². The molecule has 3 amide bonds. The Labute approximate surface area is 216 Å². The molecule has 0 bridgehead atoms. The molecule has 4 fully saturated rings. The fourth-order valence-electron chi connectivity index (χ4n) is 6.25. The van der Waals surface area contributed by atoms with Gasteiger partial charge in [0, 0.05) is 24.9 Å². The summed E-state index contributed by atoms with van der Waals surface area (Å²) in [5.74, 6) is -5.24. The Kier molecular flexibility index (Phi) is 5.09. The summed E-state index contributed by atoms with van der Waals surface area (Å²) in [6.45, 7) is -0.412. The van der Waals surface area contributed by atoms with Crippen molar-refractivity contribution in [3.63, 3.8) is 0 Å². The van der Waals surface area contributed by atoms with E-state index in [1.54, 1.807) is 12.1 Å². The molecule has 1 spiro atoms. The summed E-state index contributed by atoms with van der Waals surface area (Å²) >= 11 is 0. The molecule has 8 N–H and O–H groups in total. The number of guanidine groups is 2. The Bertz CT molecular complexity index is 1410. The van der Waals surface area contributed by atoms with E-state index in [1.165, 1.54) is 11.0 Å². The summed E-state index contributed by atoms with van der Waals surface area (Å²) in [5.41, 5.74) is -0.937. The number of carbonyl (C=O) groups excluding carboxylic acids is 3. The van der Waals surface area contributed by atoms with Gasteiger partial charge in [0.05, 0.1) is 30.1 Å². The zero-order chi connectivity index (χ0) is 27.2. The predicted octanol–water partition coefficient (Wildman–Crippen LogP) is -3.54. The molecule has 5 heterocycles. The highest BCUT2D eigenvalue weighted by atomic mass is 32.2. The quantitative estimate of drug-likeness (QED) is 0.136. The molecule has 16 heteroatoms. The second kappa shape index (κ2) is 7.87. The van der Waals surface area contributed by atoms with Gasteiger partial charge in [0.2, 0.25) is 17.6 Å². The molecule has 2 unspecified atom stereocenters. The van der Waals surface area contributed by atoms with E-state index in [0.717, 1.165) is 4.90 Å². The lowest BCUT2D eigenvalue weighted by Gasteiger charge is -2.51. The van der Waals surface area contributed by atoms with E-state index in [1.807, 2.05) is 0 Å². The summed E-state index contributed by atoms with van der Waals surface area (Å²) < 4.78 is 24.3. The van der Waals surface area contributed by atoms with E-state index in [-0.39, 0.29) is 66.7 Å². The van der Waals surface area contributed by atoms with Gasteiger partial charge in [-0.15, -0.1) is 0 Å². The van der Waals surface area contributed by atoms with Crippen LogP contribution in [0.1, 0.15) is 34.3 Å². The van der Waals surface area contributed by atoms with Crippen LogP contribution >= 0.6 is 0 Å². The first-order chi connectivity index (χ1) is 17.8. The predicted molar refractivity (Wildman–Crippen MR) is 129 cm³/mol. The van der Waals surface area contributed by atoms with Gasteiger partial charge in [0.15, 0.2) is 27.4 Å². The normalized spacial score (nSPS) is 32.3. The van der Waals surface area contributed by atoms with E-state index < -0.39 is 45.3 Å². The fourth-order valence-corrected chi connectivity index (χ4v) is 7.88. The third-order valence-electron chi connectivity index (χ3n) is 7.99. The van der Waals surface area contributed by atoms with E-state index in [9.17, 15) is 33.0 Å². The number of likely N-dealkylation sites (tertiary alicyclic amines) is 1. The summed E-state index contributed by atoms with van der Waals surface area (Å²) in [6, 6.07) is 1.40. The molecule has 202 valence electrons. The van der Waals surface area contributed by atoms with Crippen molar-refractivity contribution in [2.45, 2.75) is 53.9 Å². The molecule has 4 saturated heterocycles. The Morgan fingerprint density at radius 3 is 2.55 bits per heavy atom. The molecular weight excluding hydrogens is 520 g/mol. The van der Waals surface area contributed by atoms with Gasteiger partial charge in [-0.1, -0.05) is 12.1 Å². The highest BCUT2D eigenvalue weighted by Crippen LogP contribution is 2.43. The van der Waals surface area contributed by atoms with E-state index in [0.29, 0.717) is 11.1 Å². The maximum atomic E-state index is 13.3. The van der Waals surface area contributed by atoms with Crippen molar-refractivity contribution in [2.75, 3.05) is 13.1 Å². The number of rotatable bonds is 4. The molecule has 0 saturated carbocycles. The lowest BCUT2D eigenvalue weighted by molar-refractivity contribution is -0.232. The average molecular weight is 547 g/mol. The Morgan fingerprint density at radius 1 is 1.13 bits per heavy atom. The van der Waals surface area contributed by atoms with E-state index in [4.69, 9.17) is 10.8 Å². The van der Waals surface area contributed by atoms with Crippen LogP contribution in [0.5, 0.6) is 0 Å². The molecule has 0 aromatic heterocycles. The number of hydrogen-bond donors (Lipinski definition) is 8. The van der Waals surface area contributed by atoms with Gasteiger partial charge in [-0.25, -0.2) is 8.42 Å². The van der Waals surface area contributed by atoms with Crippen LogP contribution in [0.15, 0.2) is 18.2 Å². The number of fused-ring (bicyclic) bond motifs is 1. The second-order valence-corrected chi connectivity index (χ2v) is 12.3. The van der Waals surface area contributed by atoms with Crippen molar-refractivity contribution in [1.82, 2.24) is 31.1 Å². The standard InChI is InChI=1S/C22H26N8O7S/c23-19-27-17-13(6-29-15(31)4-5-16(29)32)25-20(24)30-7-14(22(34,35)21(17,30)28-19)26-18(33)11-3-1-2-10-8-38(36,37)9-12(10)11/h1-3,13-14,17,34-35H,4-9H2,(H2,24,25)(H,26,33)(H3,23,27,28)/t13?,14-,17?,21-/m0/s1. The van der Waals surface area contributed by atoms with Crippen molar-refractivity contribution < 1.29 is 33.0 Å². The molecule has 5 aliphatic rings. The van der Waals surface area contributed by atoms with Gasteiger partial charge in [0.25, 0.3) is 5.91 Å². The zero-order valence-corrected chi connectivity index (χ0v) is 20.8. The van der Waals surface area contributed by atoms with Gasteiger partial charge in [-0.3, -0.25) is 30.1 Å². The lowest BCUT2D eigenvalue weighted by atomic mass is 9.84. The van der Waals surface area contributed by atoms with E-state index in [2.05, 4.69) is 21.3 Å². The molecule has 6 rings (SSSR count). The number of amides is 3. The van der Waals surface area contributed by atoms with Gasteiger partial charge in [-0.05, 0) is 17.2 Å². The highest BCUT2D eigenvalue weighted by molar-refractivity contribution is 7.90. The van der Waals surface area contributed by atoms with Crippen LogP contribution in [0.25, 0.3) is 0 Å². The number of imide groups is 1. The minimum atomic E-state index is -3.40. The summed E-state index contributed by atoms with van der Waals surface area (Å²) in [7, 11) is -3.40. The van der Waals surface area contributed by atoms with Crippen LogP contribution < -0.4 is 21.3 Å². The maximum absolute atomic E-state index is 13.3. The Balaban J connectivity index is 1.31. The molecule has 5 aliphatic heterocycles. The maximum Gasteiger partial charge on any atom is 0.252 e. The number of nitrogens with one attached hydrogen (secondary N) is 6. The molecule has 0 aliphatic carbocycles. The van der Waals surface area contributed by atoms with Crippen LogP contribution in [0.4, 0.5) is 0 Å². The molecule has 38 heavy (non-hydrogen) atoms. The van der Waals surface area contributed by atoms with Crippen LogP contribution in [0, 0.1) is 10.8 Å². The molecule has 0 radical (unpaired) electrons. The van der Waals surface area contributed by atoms with Crippen LogP contribution in [0.2, 0.25) is 0 Å². The first-order valence-electron chi connectivity index (χ1n) is 12.0. The summed E-state index contributed by atoms with van der Waals surface area (Å²) in [4.78, 5) is 40.1. The molecule has 4 atom stereocenters. The summed E-state index contributed by atoms with van der Waals surface area (Å²) in [5, 5.41) is 50.9. The number of nitrogens with zero attached hydrogens (tertiary/aromatic N) is 2. The number of sulfone groups is 1. The monoisotopic (exact) mass is 546 g/mol. The molecular formula is C22H26N8O7S. The third kappa shape index (κ3) is 3.33.